The second kappa shape index (κ2) is 8.86. The molecule has 4 nitrogen and oxygen atoms in total. The Kier molecular flexibility index (Phi) is 6.23. The van der Waals surface area contributed by atoms with Crippen LogP contribution in [0.15, 0.2) is 41.3 Å². The van der Waals surface area contributed by atoms with Crippen LogP contribution in [0.1, 0.15) is 41.3 Å². The van der Waals surface area contributed by atoms with Gasteiger partial charge in [0, 0.05) is 11.5 Å². The van der Waals surface area contributed by atoms with Crippen molar-refractivity contribution < 1.29 is 9.53 Å². The lowest BCUT2D eigenvalue weighted by Gasteiger charge is -2.24. The van der Waals surface area contributed by atoms with E-state index in [-0.39, 0.29) is 12.0 Å². The molecule has 0 aliphatic carbocycles. The van der Waals surface area contributed by atoms with Gasteiger partial charge >= 0.3 is 0 Å². The Labute approximate surface area is 180 Å². The SMILES string of the molecule is CCSc1ccccc1C(=O)N(CC1CCCO1)c1nc2cc(C)cc(C)c2s1. The molecule has 3 aromatic rings. The van der Waals surface area contributed by atoms with Gasteiger partial charge < -0.3 is 4.74 Å². The molecule has 4 rings (SSSR count). The molecule has 29 heavy (non-hydrogen) atoms. The molecule has 6 heteroatoms. The summed E-state index contributed by atoms with van der Waals surface area (Å²) in [6.07, 6.45) is 2.10. The Morgan fingerprint density at radius 2 is 2.14 bits per heavy atom. The fraction of sp³-hybridized carbons (Fsp3) is 0.391. The first kappa shape index (κ1) is 20.4. The fourth-order valence-corrected chi connectivity index (χ4v) is 5.61. The monoisotopic (exact) mass is 426 g/mol. The van der Waals surface area contributed by atoms with E-state index in [2.05, 4.69) is 32.9 Å². The van der Waals surface area contributed by atoms with Gasteiger partial charge in [-0.3, -0.25) is 9.69 Å². The molecule has 1 fully saturated rings. The molecule has 1 aliphatic rings. The second-order valence-electron chi connectivity index (χ2n) is 7.41. The minimum Gasteiger partial charge on any atom is -0.376 e. The van der Waals surface area contributed by atoms with Gasteiger partial charge in [0.2, 0.25) is 0 Å². The van der Waals surface area contributed by atoms with Crippen LogP contribution in [0.4, 0.5) is 5.13 Å². The van der Waals surface area contributed by atoms with Gasteiger partial charge in [0.15, 0.2) is 5.13 Å². The topological polar surface area (TPSA) is 42.4 Å². The number of ether oxygens (including phenoxy) is 1. The minimum atomic E-state index is 0.00508. The zero-order valence-electron chi connectivity index (χ0n) is 17.1. The van der Waals surface area contributed by atoms with Crippen molar-refractivity contribution in [2.24, 2.45) is 0 Å². The van der Waals surface area contributed by atoms with E-state index in [0.29, 0.717) is 6.54 Å². The maximum Gasteiger partial charge on any atom is 0.261 e. The van der Waals surface area contributed by atoms with E-state index in [9.17, 15) is 4.79 Å². The molecule has 0 bridgehead atoms. The Morgan fingerprint density at radius 1 is 1.31 bits per heavy atom. The zero-order chi connectivity index (χ0) is 20.4. The van der Waals surface area contributed by atoms with E-state index in [4.69, 9.17) is 9.72 Å². The van der Waals surface area contributed by atoms with Crippen LogP contribution in [0, 0.1) is 13.8 Å². The summed E-state index contributed by atoms with van der Waals surface area (Å²) in [5, 5.41) is 0.755. The first-order valence-corrected chi connectivity index (χ1v) is 11.9. The second-order valence-corrected chi connectivity index (χ2v) is 9.69. The molecule has 0 N–H and O–H groups in total. The maximum atomic E-state index is 13.7. The van der Waals surface area contributed by atoms with Crippen molar-refractivity contribution in [1.82, 2.24) is 4.98 Å². The lowest BCUT2D eigenvalue weighted by molar-refractivity contribution is 0.0915. The van der Waals surface area contributed by atoms with E-state index in [1.807, 2.05) is 29.2 Å². The first-order valence-electron chi connectivity index (χ1n) is 10.1. The van der Waals surface area contributed by atoms with Crippen LogP contribution in [-0.4, -0.2) is 35.9 Å². The molecule has 1 atom stereocenters. The Balaban J connectivity index is 1.76. The van der Waals surface area contributed by atoms with Gasteiger partial charge in [0.05, 0.1) is 28.4 Å². The Bertz CT molecular complexity index is 1020. The number of hydrogen-bond acceptors (Lipinski definition) is 5. The Hall–Kier alpha value is -1.89. The van der Waals surface area contributed by atoms with Crippen molar-refractivity contribution >= 4 is 44.4 Å². The highest BCUT2D eigenvalue weighted by Gasteiger charge is 2.28. The van der Waals surface area contributed by atoms with Gasteiger partial charge in [-0.25, -0.2) is 4.98 Å². The number of anilines is 1. The number of rotatable bonds is 6. The van der Waals surface area contributed by atoms with Crippen molar-refractivity contribution in [2.45, 2.75) is 44.6 Å². The molecule has 2 aromatic carbocycles. The number of thioether (sulfide) groups is 1. The van der Waals surface area contributed by atoms with Crippen molar-refractivity contribution in [2.75, 3.05) is 23.8 Å². The summed E-state index contributed by atoms with van der Waals surface area (Å²) in [7, 11) is 0. The van der Waals surface area contributed by atoms with Gasteiger partial charge in [-0.2, -0.15) is 0 Å². The van der Waals surface area contributed by atoms with Gasteiger partial charge in [-0.05, 0) is 61.8 Å². The lowest BCUT2D eigenvalue weighted by Crippen LogP contribution is -2.37. The predicted molar refractivity (Wildman–Crippen MR) is 123 cm³/mol. The summed E-state index contributed by atoms with van der Waals surface area (Å²) < 4.78 is 7.01. The van der Waals surface area contributed by atoms with E-state index in [0.717, 1.165) is 51.0 Å². The molecule has 1 unspecified atom stereocenters. The maximum absolute atomic E-state index is 13.7. The molecule has 0 saturated carbocycles. The molecule has 0 radical (unpaired) electrons. The fourth-order valence-electron chi connectivity index (χ4n) is 3.79. The number of aryl methyl sites for hydroxylation is 2. The van der Waals surface area contributed by atoms with Crippen LogP contribution in [-0.2, 0) is 4.74 Å². The van der Waals surface area contributed by atoms with Crippen molar-refractivity contribution in [3.05, 3.63) is 53.1 Å². The van der Waals surface area contributed by atoms with E-state index in [1.165, 1.54) is 11.1 Å². The van der Waals surface area contributed by atoms with Gasteiger partial charge in [0.25, 0.3) is 5.91 Å². The standard InChI is InChI=1S/C23H26N2O2S2/c1-4-28-20-10-6-5-9-18(20)22(26)25(14-17-8-7-11-27-17)23-24-19-13-15(2)12-16(3)21(19)29-23/h5-6,9-10,12-13,17H,4,7-8,11,14H2,1-3H3. The van der Waals surface area contributed by atoms with Crippen molar-refractivity contribution in [1.29, 1.82) is 0 Å². The summed E-state index contributed by atoms with van der Waals surface area (Å²) >= 11 is 3.30. The average Bonchev–Trinajstić information content (AvgIpc) is 3.36. The van der Waals surface area contributed by atoms with Crippen LogP contribution in [0.3, 0.4) is 0 Å². The predicted octanol–water partition coefficient (Wildman–Crippen LogP) is 5.85. The minimum absolute atomic E-state index is 0.00508. The molecular weight excluding hydrogens is 400 g/mol. The largest absolute Gasteiger partial charge is 0.376 e. The number of nitrogens with zero attached hydrogens (tertiary/aromatic N) is 2. The third-order valence-electron chi connectivity index (χ3n) is 5.11. The highest BCUT2D eigenvalue weighted by molar-refractivity contribution is 7.99. The molecule has 1 aromatic heterocycles. The molecule has 0 spiro atoms. The van der Waals surface area contributed by atoms with Crippen LogP contribution >= 0.6 is 23.1 Å². The molecule has 1 aliphatic heterocycles. The number of aromatic nitrogens is 1. The number of benzene rings is 2. The summed E-state index contributed by atoms with van der Waals surface area (Å²) in [5.41, 5.74) is 4.09. The number of fused-ring (bicyclic) bond motifs is 1. The van der Waals surface area contributed by atoms with Crippen molar-refractivity contribution in [3.63, 3.8) is 0 Å². The molecule has 1 amide bonds. The number of carbonyl (C=O) groups is 1. The summed E-state index contributed by atoms with van der Waals surface area (Å²) in [4.78, 5) is 21.4. The number of amides is 1. The summed E-state index contributed by atoms with van der Waals surface area (Å²) in [6, 6.07) is 12.1. The quantitative estimate of drug-likeness (QED) is 0.464. The van der Waals surface area contributed by atoms with Gasteiger partial charge in [-0.1, -0.05) is 36.5 Å². The lowest BCUT2D eigenvalue weighted by atomic mass is 10.1. The number of hydrogen-bond donors (Lipinski definition) is 0. The molecule has 2 heterocycles. The van der Waals surface area contributed by atoms with Gasteiger partial charge in [-0.15, -0.1) is 11.8 Å². The first-order chi connectivity index (χ1) is 14.1. The van der Waals surface area contributed by atoms with E-state index >= 15 is 0 Å². The average molecular weight is 427 g/mol. The molecule has 1 saturated heterocycles. The third-order valence-corrected chi connectivity index (χ3v) is 7.30. The van der Waals surface area contributed by atoms with Crippen LogP contribution < -0.4 is 4.90 Å². The smallest absolute Gasteiger partial charge is 0.261 e. The zero-order valence-corrected chi connectivity index (χ0v) is 18.7. The highest BCUT2D eigenvalue weighted by Crippen LogP contribution is 2.34. The van der Waals surface area contributed by atoms with Crippen LogP contribution in [0.5, 0.6) is 0 Å². The van der Waals surface area contributed by atoms with E-state index in [1.54, 1.807) is 23.1 Å². The molecular formula is C23H26N2O2S2. The number of carbonyl (C=O) groups excluding carboxylic acids is 1. The third kappa shape index (κ3) is 4.34. The number of thiazole rings is 1. The highest BCUT2D eigenvalue weighted by atomic mass is 32.2. The normalized spacial score (nSPS) is 16.4. The Morgan fingerprint density at radius 3 is 2.90 bits per heavy atom. The van der Waals surface area contributed by atoms with Crippen molar-refractivity contribution in [3.8, 4) is 0 Å². The van der Waals surface area contributed by atoms with Crippen LogP contribution in [0.2, 0.25) is 0 Å². The molecule has 152 valence electrons. The van der Waals surface area contributed by atoms with Gasteiger partial charge in [0.1, 0.15) is 0 Å². The summed E-state index contributed by atoms with van der Waals surface area (Å²) in [6.45, 7) is 7.61. The van der Waals surface area contributed by atoms with E-state index < -0.39 is 0 Å². The summed E-state index contributed by atoms with van der Waals surface area (Å²) in [5.74, 6) is 0.931. The van der Waals surface area contributed by atoms with Crippen LogP contribution in [0.25, 0.3) is 10.2 Å².